The first kappa shape index (κ1) is 28.1. The Morgan fingerprint density at radius 2 is 1.63 bits per heavy atom. The van der Waals surface area contributed by atoms with E-state index in [0.29, 0.717) is 49.8 Å². The highest BCUT2D eigenvalue weighted by Gasteiger charge is 2.31. The lowest BCUT2D eigenvalue weighted by molar-refractivity contribution is -0.137. The van der Waals surface area contributed by atoms with E-state index in [-0.39, 0.29) is 17.7 Å². The molecule has 5 nitrogen and oxygen atoms in total. The minimum absolute atomic E-state index is 0.0671. The summed E-state index contributed by atoms with van der Waals surface area (Å²) in [5, 5.41) is 3.02. The number of carbonyl (C=O) groups excluding carboxylic acids is 2. The third kappa shape index (κ3) is 6.95. The SMILES string of the molecule is CCN(CC(=O)Nc1cc(C(=O)N2CCC(c3ccc(C(F)(F)F)cc3)CC2)ccc1C)C1CCCCC1. The van der Waals surface area contributed by atoms with Gasteiger partial charge in [-0.15, -0.1) is 0 Å². The van der Waals surface area contributed by atoms with Gasteiger partial charge in [-0.05, 0) is 80.5 Å². The van der Waals surface area contributed by atoms with E-state index in [0.717, 1.165) is 42.6 Å². The number of alkyl halides is 3. The number of hydrogen-bond donors (Lipinski definition) is 1. The van der Waals surface area contributed by atoms with Gasteiger partial charge in [-0.25, -0.2) is 0 Å². The van der Waals surface area contributed by atoms with Crippen molar-refractivity contribution in [1.82, 2.24) is 9.80 Å². The molecular weight excluding hydrogens is 491 g/mol. The first-order valence-corrected chi connectivity index (χ1v) is 13.8. The van der Waals surface area contributed by atoms with E-state index in [9.17, 15) is 22.8 Å². The number of anilines is 1. The molecule has 206 valence electrons. The molecule has 2 fully saturated rings. The number of aryl methyl sites for hydroxylation is 1. The zero-order valence-electron chi connectivity index (χ0n) is 22.3. The lowest BCUT2D eigenvalue weighted by atomic mass is 9.88. The van der Waals surface area contributed by atoms with Crippen molar-refractivity contribution in [2.45, 2.75) is 76.9 Å². The van der Waals surface area contributed by atoms with E-state index in [1.54, 1.807) is 29.2 Å². The summed E-state index contributed by atoms with van der Waals surface area (Å²) in [7, 11) is 0. The highest BCUT2D eigenvalue weighted by Crippen LogP contribution is 2.33. The Bertz CT molecular complexity index is 1100. The normalized spacial score (nSPS) is 17.6. The van der Waals surface area contributed by atoms with Gasteiger partial charge in [-0.3, -0.25) is 14.5 Å². The Morgan fingerprint density at radius 1 is 0.974 bits per heavy atom. The molecule has 1 heterocycles. The van der Waals surface area contributed by atoms with Crippen molar-refractivity contribution in [3.05, 3.63) is 64.7 Å². The van der Waals surface area contributed by atoms with Gasteiger partial charge >= 0.3 is 6.18 Å². The summed E-state index contributed by atoms with van der Waals surface area (Å²) in [6.45, 7) is 6.25. The van der Waals surface area contributed by atoms with Crippen LogP contribution in [0.1, 0.15) is 84.8 Å². The molecule has 0 atom stereocenters. The first-order chi connectivity index (χ1) is 18.2. The predicted molar refractivity (Wildman–Crippen MR) is 143 cm³/mol. The monoisotopic (exact) mass is 529 g/mol. The third-order valence-corrected chi connectivity index (χ3v) is 8.09. The summed E-state index contributed by atoms with van der Waals surface area (Å²) >= 11 is 0. The summed E-state index contributed by atoms with van der Waals surface area (Å²) in [4.78, 5) is 30.2. The molecule has 0 bridgehead atoms. The lowest BCUT2D eigenvalue weighted by Gasteiger charge is -2.33. The van der Waals surface area contributed by atoms with Gasteiger partial charge in [0.25, 0.3) is 5.91 Å². The molecule has 4 rings (SSSR count). The molecule has 0 spiro atoms. The number of halogens is 3. The van der Waals surface area contributed by atoms with Crippen molar-refractivity contribution in [3.63, 3.8) is 0 Å². The fraction of sp³-hybridized carbons (Fsp3) is 0.533. The zero-order chi connectivity index (χ0) is 27.3. The van der Waals surface area contributed by atoms with E-state index in [4.69, 9.17) is 0 Å². The molecule has 1 saturated heterocycles. The second-order valence-electron chi connectivity index (χ2n) is 10.6. The molecule has 38 heavy (non-hydrogen) atoms. The van der Waals surface area contributed by atoms with Crippen LogP contribution in [0.4, 0.5) is 18.9 Å². The molecule has 0 aromatic heterocycles. The summed E-state index contributed by atoms with van der Waals surface area (Å²) in [5.41, 5.74) is 2.31. The number of likely N-dealkylation sites (N-methyl/N-ethyl adjacent to an activating group) is 1. The van der Waals surface area contributed by atoms with Crippen LogP contribution in [0.5, 0.6) is 0 Å². The molecule has 2 aliphatic rings. The van der Waals surface area contributed by atoms with Gasteiger partial charge in [0, 0.05) is 30.4 Å². The molecule has 2 aromatic rings. The average molecular weight is 530 g/mol. The van der Waals surface area contributed by atoms with Crippen molar-refractivity contribution in [3.8, 4) is 0 Å². The van der Waals surface area contributed by atoms with Crippen molar-refractivity contribution < 1.29 is 22.8 Å². The molecule has 8 heteroatoms. The number of piperidine rings is 1. The highest BCUT2D eigenvalue weighted by molar-refractivity contribution is 5.98. The van der Waals surface area contributed by atoms with Crippen molar-refractivity contribution in [2.24, 2.45) is 0 Å². The van der Waals surface area contributed by atoms with Gasteiger partial charge in [0.15, 0.2) is 0 Å². The number of nitrogens with one attached hydrogen (secondary N) is 1. The Kier molecular flexibility index (Phi) is 9.13. The molecule has 1 saturated carbocycles. The van der Waals surface area contributed by atoms with E-state index >= 15 is 0 Å². The number of rotatable bonds is 7. The van der Waals surface area contributed by atoms with Crippen molar-refractivity contribution in [1.29, 1.82) is 0 Å². The number of benzene rings is 2. The third-order valence-electron chi connectivity index (χ3n) is 8.09. The summed E-state index contributed by atoms with van der Waals surface area (Å²) in [5.74, 6) is -0.0360. The summed E-state index contributed by atoms with van der Waals surface area (Å²) in [6, 6.07) is 11.2. The topological polar surface area (TPSA) is 52.7 Å². The van der Waals surface area contributed by atoms with Crippen molar-refractivity contribution >= 4 is 17.5 Å². The number of likely N-dealkylation sites (tertiary alicyclic amines) is 1. The van der Waals surface area contributed by atoms with Crippen molar-refractivity contribution in [2.75, 3.05) is 31.5 Å². The number of hydrogen-bond acceptors (Lipinski definition) is 3. The molecule has 0 radical (unpaired) electrons. The van der Waals surface area contributed by atoms with Gasteiger partial charge in [0.05, 0.1) is 12.1 Å². The largest absolute Gasteiger partial charge is 0.416 e. The minimum Gasteiger partial charge on any atom is -0.339 e. The van der Waals surface area contributed by atoms with E-state index in [1.165, 1.54) is 19.3 Å². The molecule has 0 unspecified atom stereocenters. The average Bonchev–Trinajstić information content (AvgIpc) is 2.92. The minimum atomic E-state index is -4.34. The Balaban J connectivity index is 1.34. The fourth-order valence-electron chi connectivity index (χ4n) is 5.75. The van der Waals surface area contributed by atoms with Gasteiger partial charge < -0.3 is 10.2 Å². The maximum atomic E-state index is 13.3. The molecule has 2 aromatic carbocycles. The van der Waals surface area contributed by atoms with Gasteiger partial charge in [0.2, 0.25) is 5.91 Å². The van der Waals surface area contributed by atoms with E-state index in [1.807, 2.05) is 13.0 Å². The van der Waals surface area contributed by atoms with Crippen LogP contribution < -0.4 is 5.32 Å². The molecule has 2 amide bonds. The first-order valence-electron chi connectivity index (χ1n) is 13.8. The van der Waals surface area contributed by atoms with Gasteiger partial charge in [0.1, 0.15) is 0 Å². The van der Waals surface area contributed by atoms with Crippen LogP contribution in [-0.2, 0) is 11.0 Å². The maximum absolute atomic E-state index is 13.3. The second kappa shape index (κ2) is 12.3. The predicted octanol–water partition coefficient (Wildman–Crippen LogP) is 6.63. The fourth-order valence-corrected chi connectivity index (χ4v) is 5.75. The van der Waals surface area contributed by atoms with Crippen LogP contribution in [-0.4, -0.2) is 53.8 Å². The lowest BCUT2D eigenvalue weighted by Crippen LogP contribution is -2.41. The quantitative estimate of drug-likeness (QED) is 0.438. The van der Waals surface area contributed by atoms with Gasteiger partial charge in [-0.2, -0.15) is 13.2 Å². The van der Waals surface area contributed by atoms with Gasteiger partial charge in [-0.1, -0.05) is 44.4 Å². The van der Waals surface area contributed by atoms with Crippen LogP contribution in [0.2, 0.25) is 0 Å². The Labute approximate surface area is 223 Å². The Morgan fingerprint density at radius 3 is 2.24 bits per heavy atom. The summed E-state index contributed by atoms with van der Waals surface area (Å²) in [6.07, 6.45) is 3.03. The smallest absolute Gasteiger partial charge is 0.339 e. The number of nitrogens with zero attached hydrogens (tertiary/aromatic N) is 2. The maximum Gasteiger partial charge on any atom is 0.416 e. The summed E-state index contributed by atoms with van der Waals surface area (Å²) < 4.78 is 38.6. The number of amides is 2. The van der Waals surface area contributed by atoms with E-state index in [2.05, 4.69) is 17.1 Å². The highest BCUT2D eigenvalue weighted by atomic mass is 19.4. The molecule has 1 N–H and O–H groups in total. The standard InChI is InChI=1S/C30H38F3N3O2/c1-3-35(26-7-5-4-6-8-26)20-28(37)34-27-19-24(10-9-21(27)2)29(38)36-17-15-23(16-18-36)22-11-13-25(14-12-22)30(31,32)33/h9-14,19,23,26H,3-8,15-18,20H2,1-2H3,(H,34,37). The molecular formula is C30H38F3N3O2. The molecule has 1 aliphatic carbocycles. The van der Waals surface area contributed by atoms with Crippen LogP contribution >= 0.6 is 0 Å². The van der Waals surface area contributed by atoms with Crippen LogP contribution in [0, 0.1) is 6.92 Å². The van der Waals surface area contributed by atoms with Crippen LogP contribution in [0.15, 0.2) is 42.5 Å². The van der Waals surface area contributed by atoms with Crippen LogP contribution in [0.3, 0.4) is 0 Å². The molecule has 1 aliphatic heterocycles. The Hall–Kier alpha value is -2.87. The van der Waals surface area contributed by atoms with E-state index < -0.39 is 11.7 Å². The van der Waals surface area contributed by atoms with Crippen LogP contribution in [0.25, 0.3) is 0 Å². The zero-order valence-corrected chi connectivity index (χ0v) is 22.3. The second-order valence-corrected chi connectivity index (χ2v) is 10.6. The number of carbonyl (C=O) groups is 2.